The van der Waals surface area contributed by atoms with Gasteiger partial charge in [-0.25, -0.2) is 19.6 Å². The number of rotatable bonds is 9. The molecule has 3 heterocycles. The normalized spacial score (nSPS) is 11.3. The maximum absolute atomic E-state index is 12.4. The van der Waals surface area contributed by atoms with E-state index < -0.39 is 0 Å². The number of thioether (sulfide) groups is 1. The molecule has 2 N–H and O–H groups in total. The number of aromatic nitrogens is 6. The summed E-state index contributed by atoms with van der Waals surface area (Å²) < 4.78 is 3.65. The molecule has 0 radical (unpaired) electrons. The van der Waals surface area contributed by atoms with Crippen molar-refractivity contribution in [3.8, 4) is 0 Å². The van der Waals surface area contributed by atoms with Crippen LogP contribution < -0.4 is 10.6 Å². The number of amides is 1. The van der Waals surface area contributed by atoms with E-state index in [9.17, 15) is 4.79 Å². The number of nitrogens with zero attached hydrogens (tertiary/aromatic N) is 6. The van der Waals surface area contributed by atoms with E-state index in [-0.39, 0.29) is 12.5 Å². The smallest absolute Gasteiger partial charge is 0.240 e. The minimum absolute atomic E-state index is 0.0701. The Bertz CT molecular complexity index is 1170. The van der Waals surface area contributed by atoms with Crippen molar-refractivity contribution in [2.75, 3.05) is 24.7 Å². The molecular weight excluding hydrogens is 400 g/mol. The highest BCUT2D eigenvalue weighted by Crippen LogP contribution is 2.23. The highest BCUT2D eigenvalue weighted by molar-refractivity contribution is 7.98. The minimum atomic E-state index is -0.0701. The van der Waals surface area contributed by atoms with Gasteiger partial charge in [0.15, 0.2) is 10.8 Å². The molecule has 0 saturated carbocycles. The molecule has 0 spiro atoms. The first kappa shape index (κ1) is 20.1. The summed E-state index contributed by atoms with van der Waals surface area (Å²) >= 11 is 1.49. The zero-order valence-electron chi connectivity index (χ0n) is 17.0. The van der Waals surface area contributed by atoms with Crippen LogP contribution >= 0.6 is 11.8 Å². The van der Waals surface area contributed by atoms with Crippen LogP contribution in [-0.4, -0.2) is 54.6 Å². The molecule has 4 rings (SSSR count). The molecule has 0 atom stereocenters. The lowest BCUT2D eigenvalue weighted by atomic mass is 10.3. The van der Waals surface area contributed by atoms with E-state index in [0.717, 1.165) is 40.9 Å². The highest BCUT2D eigenvalue weighted by atomic mass is 32.2. The van der Waals surface area contributed by atoms with Crippen molar-refractivity contribution in [3.05, 3.63) is 36.8 Å². The van der Waals surface area contributed by atoms with Crippen molar-refractivity contribution in [1.82, 2.24) is 34.6 Å². The Morgan fingerprint density at radius 2 is 2.07 bits per heavy atom. The summed E-state index contributed by atoms with van der Waals surface area (Å²) in [5.41, 5.74) is 2.59. The van der Waals surface area contributed by atoms with Crippen molar-refractivity contribution in [3.63, 3.8) is 0 Å². The number of benzene rings is 1. The van der Waals surface area contributed by atoms with Gasteiger partial charge in [-0.3, -0.25) is 4.79 Å². The Morgan fingerprint density at radius 1 is 1.20 bits per heavy atom. The van der Waals surface area contributed by atoms with Crippen molar-refractivity contribution in [2.45, 2.75) is 31.6 Å². The topological polar surface area (TPSA) is 103 Å². The SMILES string of the molecule is CCCNc1nc(SC)nc2c1cnn2CCNC(=O)Cn1cnc2ccccc21. The van der Waals surface area contributed by atoms with Crippen LogP contribution in [0.1, 0.15) is 13.3 Å². The van der Waals surface area contributed by atoms with Gasteiger partial charge in [0.1, 0.15) is 12.4 Å². The maximum Gasteiger partial charge on any atom is 0.240 e. The molecule has 30 heavy (non-hydrogen) atoms. The maximum atomic E-state index is 12.4. The summed E-state index contributed by atoms with van der Waals surface area (Å²) in [5.74, 6) is 0.729. The molecule has 9 nitrogen and oxygen atoms in total. The number of fused-ring (bicyclic) bond motifs is 2. The molecule has 0 aliphatic rings. The van der Waals surface area contributed by atoms with Gasteiger partial charge in [-0.05, 0) is 24.8 Å². The van der Waals surface area contributed by atoms with Crippen molar-refractivity contribution in [1.29, 1.82) is 0 Å². The van der Waals surface area contributed by atoms with E-state index in [4.69, 9.17) is 0 Å². The average Bonchev–Trinajstić information content (AvgIpc) is 3.36. The molecule has 0 aliphatic heterocycles. The number of carbonyl (C=O) groups excluding carboxylic acids is 1. The number of anilines is 1. The van der Waals surface area contributed by atoms with Gasteiger partial charge < -0.3 is 15.2 Å². The van der Waals surface area contributed by atoms with Gasteiger partial charge in [0.25, 0.3) is 0 Å². The van der Waals surface area contributed by atoms with E-state index in [2.05, 4.69) is 37.6 Å². The number of hydrogen-bond acceptors (Lipinski definition) is 7. The van der Waals surface area contributed by atoms with Gasteiger partial charge in [-0.1, -0.05) is 30.8 Å². The van der Waals surface area contributed by atoms with Crippen LogP contribution in [0.2, 0.25) is 0 Å². The monoisotopic (exact) mass is 424 g/mol. The first-order valence-corrected chi connectivity index (χ1v) is 11.1. The van der Waals surface area contributed by atoms with Crippen molar-refractivity contribution in [2.24, 2.45) is 0 Å². The molecule has 0 unspecified atom stereocenters. The van der Waals surface area contributed by atoms with Crippen LogP contribution in [0.15, 0.2) is 41.9 Å². The lowest BCUT2D eigenvalue weighted by Gasteiger charge is -2.09. The van der Waals surface area contributed by atoms with Crippen LogP contribution in [-0.2, 0) is 17.9 Å². The van der Waals surface area contributed by atoms with Gasteiger partial charge in [0, 0.05) is 13.1 Å². The number of imidazole rings is 1. The van der Waals surface area contributed by atoms with Crippen LogP contribution in [0.4, 0.5) is 5.82 Å². The van der Waals surface area contributed by atoms with Crippen LogP contribution in [0.25, 0.3) is 22.1 Å². The third-order valence-corrected chi connectivity index (χ3v) is 5.24. The number of hydrogen-bond donors (Lipinski definition) is 2. The Morgan fingerprint density at radius 3 is 2.90 bits per heavy atom. The van der Waals surface area contributed by atoms with Crippen LogP contribution in [0, 0.1) is 0 Å². The lowest BCUT2D eigenvalue weighted by molar-refractivity contribution is -0.121. The molecule has 156 valence electrons. The molecule has 1 amide bonds. The quantitative estimate of drug-likeness (QED) is 0.314. The summed E-state index contributed by atoms with van der Waals surface area (Å²) in [5, 5.41) is 12.3. The van der Waals surface area contributed by atoms with Gasteiger partial charge in [0.2, 0.25) is 5.91 Å². The molecule has 0 saturated heterocycles. The molecule has 0 aliphatic carbocycles. The second kappa shape index (κ2) is 9.12. The molecule has 3 aromatic heterocycles. The first-order chi connectivity index (χ1) is 14.7. The number of nitrogens with one attached hydrogen (secondary N) is 2. The van der Waals surface area contributed by atoms with Crippen LogP contribution in [0.3, 0.4) is 0 Å². The highest BCUT2D eigenvalue weighted by Gasteiger charge is 2.13. The largest absolute Gasteiger partial charge is 0.369 e. The van der Waals surface area contributed by atoms with E-state index in [1.165, 1.54) is 11.8 Å². The summed E-state index contributed by atoms with van der Waals surface area (Å²) in [6.45, 7) is 4.16. The number of para-hydroxylation sites is 2. The molecule has 0 fully saturated rings. The van der Waals surface area contributed by atoms with Gasteiger partial charge in [-0.2, -0.15) is 5.10 Å². The fourth-order valence-electron chi connectivity index (χ4n) is 3.22. The van der Waals surface area contributed by atoms with E-state index in [0.29, 0.717) is 18.2 Å². The van der Waals surface area contributed by atoms with Crippen LogP contribution in [0.5, 0.6) is 0 Å². The zero-order valence-corrected chi connectivity index (χ0v) is 17.8. The Labute approximate surface area is 178 Å². The molecule has 0 bridgehead atoms. The predicted octanol–water partition coefficient (Wildman–Crippen LogP) is 2.54. The summed E-state index contributed by atoms with van der Waals surface area (Å²) in [4.78, 5) is 25.9. The van der Waals surface area contributed by atoms with Gasteiger partial charge >= 0.3 is 0 Å². The van der Waals surface area contributed by atoms with Crippen molar-refractivity contribution >= 4 is 45.6 Å². The first-order valence-electron chi connectivity index (χ1n) is 9.87. The third-order valence-electron chi connectivity index (χ3n) is 4.69. The second-order valence-electron chi connectivity index (χ2n) is 6.80. The zero-order chi connectivity index (χ0) is 20.9. The average molecular weight is 425 g/mol. The summed E-state index contributed by atoms with van der Waals surface area (Å²) in [6, 6.07) is 7.76. The Kier molecular flexibility index (Phi) is 6.12. The van der Waals surface area contributed by atoms with Gasteiger partial charge in [0.05, 0.1) is 35.5 Å². The number of carbonyl (C=O) groups is 1. The second-order valence-corrected chi connectivity index (χ2v) is 7.58. The standard InChI is InChI=1S/C20H24N8OS/c1-3-8-22-18-14-11-24-28(19(14)26-20(25-18)30-2)10-9-21-17(29)12-27-13-23-15-6-4-5-7-16(15)27/h4-7,11,13H,3,8-10,12H2,1-2H3,(H,21,29)(H,22,25,26). The molecule has 1 aromatic carbocycles. The Hall–Kier alpha value is -3.14. The lowest BCUT2D eigenvalue weighted by Crippen LogP contribution is -2.30. The fourth-order valence-corrected chi connectivity index (χ4v) is 3.58. The Balaban J connectivity index is 1.41. The van der Waals surface area contributed by atoms with E-state index >= 15 is 0 Å². The van der Waals surface area contributed by atoms with Crippen molar-refractivity contribution < 1.29 is 4.79 Å². The molecular formula is C20H24N8OS. The van der Waals surface area contributed by atoms with E-state index in [1.807, 2.05) is 35.1 Å². The third kappa shape index (κ3) is 4.23. The minimum Gasteiger partial charge on any atom is -0.369 e. The van der Waals surface area contributed by atoms with Gasteiger partial charge in [-0.15, -0.1) is 0 Å². The molecule has 4 aromatic rings. The molecule has 10 heteroatoms. The fraction of sp³-hybridized carbons (Fsp3) is 0.350. The summed E-state index contributed by atoms with van der Waals surface area (Å²) in [7, 11) is 0. The van der Waals surface area contributed by atoms with E-state index in [1.54, 1.807) is 17.2 Å². The predicted molar refractivity (Wildman–Crippen MR) is 119 cm³/mol. The summed E-state index contributed by atoms with van der Waals surface area (Å²) in [6.07, 6.45) is 6.42.